The second-order valence-electron chi connectivity index (χ2n) is 13.8. The predicted molar refractivity (Wildman–Crippen MR) is 179 cm³/mol. The van der Waals surface area contributed by atoms with Crippen molar-refractivity contribution >= 4 is 34.2 Å². The molecule has 1 N–H and O–H groups in total. The summed E-state index contributed by atoms with van der Waals surface area (Å²) in [6.45, 7) is 6.37. The number of nitrogens with zero attached hydrogens (tertiary/aromatic N) is 3. The third-order valence-electron chi connectivity index (χ3n) is 11.2. The molecule has 7 atom stereocenters. The molecule has 4 aliphatic rings. The number of aromatic nitrogens is 2. The Morgan fingerprint density at radius 2 is 1.89 bits per heavy atom. The molecule has 1 aromatic heterocycles. The van der Waals surface area contributed by atoms with Crippen LogP contribution in [-0.2, 0) is 22.8 Å². The minimum absolute atomic E-state index is 0.162. The zero-order valence-corrected chi connectivity index (χ0v) is 27.8. The van der Waals surface area contributed by atoms with Crippen LogP contribution in [0.3, 0.4) is 0 Å². The molecule has 3 heterocycles. The predicted octanol–water partition coefficient (Wildman–Crippen LogP) is 7.02. The molecule has 6 unspecified atom stereocenters. The second kappa shape index (κ2) is 12.7. The number of carbonyl (C=O) groups excluding carboxylic acids is 1. The SMILES string of the molecule is CC1CCCC(c2ncccn2)C2CCC2CN2C[C@@]3(CCCc4cc(Cl)ccc43)COc3ccc(cc32)C(=O)NS(=O)C1C. The first kappa shape index (κ1) is 30.7. The van der Waals surface area contributed by atoms with E-state index in [9.17, 15) is 9.00 Å². The van der Waals surface area contributed by atoms with Crippen LogP contribution in [0.5, 0.6) is 5.75 Å². The van der Waals surface area contributed by atoms with Crippen molar-refractivity contribution < 1.29 is 13.7 Å². The van der Waals surface area contributed by atoms with Gasteiger partial charge in [-0.3, -0.25) is 9.52 Å². The first-order valence-electron chi connectivity index (χ1n) is 16.6. The lowest BCUT2D eigenvalue weighted by molar-refractivity contribution is 0.0982. The molecule has 2 aliphatic heterocycles. The normalized spacial score (nSPS) is 31.9. The zero-order chi connectivity index (χ0) is 31.1. The summed E-state index contributed by atoms with van der Waals surface area (Å²) in [5.74, 6) is 2.88. The first-order valence-corrected chi connectivity index (χ1v) is 18.2. The van der Waals surface area contributed by atoms with Crippen molar-refractivity contribution in [2.24, 2.45) is 17.8 Å². The van der Waals surface area contributed by atoms with Gasteiger partial charge in [0.25, 0.3) is 5.91 Å². The van der Waals surface area contributed by atoms with Gasteiger partial charge in [0.15, 0.2) is 0 Å². The molecule has 9 heteroatoms. The fourth-order valence-corrected chi connectivity index (χ4v) is 9.51. The van der Waals surface area contributed by atoms with E-state index in [1.807, 2.05) is 49.6 Å². The van der Waals surface area contributed by atoms with Crippen LogP contribution in [0.25, 0.3) is 0 Å². The number of fused-ring (bicyclic) bond motifs is 4. The third-order valence-corrected chi connectivity index (χ3v) is 12.9. The number of halogens is 1. The minimum atomic E-state index is -1.49. The summed E-state index contributed by atoms with van der Waals surface area (Å²) >= 11 is 6.46. The van der Waals surface area contributed by atoms with Crippen LogP contribution in [0.15, 0.2) is 54.9 Å². The molecule has 0 radical (unpaired) electrons. The average molecular weight is 647 g/mol. The molecule has 1 amide bonds. The number of rotatable bonds is 1. The molecule has 1 fully saturated rings. The van der Waals surface area contributed by atoms with Crippen LogP contribution in [0.4, 0.5) is 5.69 Å². The van der Waals surface area contributed by atoms with Gasteiger partial charge in [-0.05, 0) is 117 Å². The molecule has 3 aromatic rings. The number of hydrogen-bond acceptors (Lipinski definition) is 6. The van der Waals surface area contributed by atoms with Crippen molar-refractivity contribution in [3.63, 3.8) is 0 Å². The number of benzene rings is 2. The number of carbonyl (C=O) groups is 1. The summed E-state index contributed by atoms with van der Waals surface area (Å²) in [4.78, 5) is 25.5. The molecule has 2 bridgehead atoms. The summed E-state index contributed by atoms with van der Waals surface area (Å²) in [5, 5.41) is 0.613. The first-order chi connectivity index (χ1) is 21.8. The van der Waals surface area contributed by atoms with E-state index in [-0.39, 0.29) is 28.4 Å². The monoisotopic (exact) mass is 646 g/mol. The van der Waals surface area contributed by atoms with E-state index in [4.69, 9.17) is 26.3 Å². The highest BCUT2D eigenvalue weighted by Crippen LogP contribution is 2.49. The highest BCUT2D eigenvalue weighted by atomic mass is 35.5. The number of amides is 1. The molecule has 7 nitrogen and oxygen atoms in total. The molecular weight excluding hydrogens is 604 g/mol. The van der Waals surface area contributed by atoms with Gasteiger partial charge in [0.2, 0.25) is 0 Å². The maximum absolute atomic E-state index is 13.5. The fourth-order valence-electron chi connectivity index (χ4n) is 8.28. The van der Waals surface area contributed by atoms with E-state index in [0.29, 0.717) is 24.0 Å². The Balaban J connectivity index is 1.30. The van der Waals surface area contributed by atoms with Crippen LogP contribution < -0.4 is 14.4 Å². The topological polar surface area (TPSA) is 84.4 Å². The number of nitrogens with one attached hydrogen (secondary N) is 1. The van der Waals surface area contributed by atoms with Gasteiger partial charge in [-0.25, -0.2) is 14.2 Å². The van der Waals surface area contributed by atoms with Crippen molar-refractivity contribution in [1.29, 1.82) is 0 Å². The van der Waals surface area contributed by atoms with Crippen LogP contribution in [0.2, 0.25) is 5.02 Å². The number of anilines is 1. The molecule has 0 saturated heterocycles. The van der Waals surface area contributed by atoms with E-state index in [1.165, 1.54) is 11.1 Å². The van der Waals surface area contributed by atoms with E-state index in [1.54, 1.807) is 0 Å². The molecule has 2 aliphatic carbocycles. The lowest BCUT2D eigenvalue weighted by Gasteiger charge is -2.46. The summed E-state index contributed by atoms with van der Waals surface area (Å²) in [6.07, 6.45) is 12.1. The van der Waals surface area contributed by atoms with Crippen LogP contribution in [-0.4, -0.2) is 45.0 Å². The number of aryl methyl sites for hydroxylation is 1. The van der Waals surface area contributed by atoms with Crippen molar-refractivity contribution in [2.45, 2.75) is 81.8 Å². The maximum Gasteiger partial charge on any atom is 0.263 e. The lowest BCUT2D eigenvalue weighted by atomic mass is 9.64. The van der Waals surface area contributed by atoms with Crippen molar-refractivity contribution in [3.8, 4) is 5.75 Å². The second-order valence-corrected chi connectivity index (χ2v) is 15.8. The van der Waals surface area contributed by atoms with Crippen LogP contribution in [0, 0.1) is 17.8 Å². The van der Waals surface area contributed by atoms with Gasteiger partial charge in [-0.2, -0.15) is 0 Å². The van der Waals surface area contributed by atoms with E-state index < -0.39 is 11.0 Å². The zero-order valence-electron chi connectivity index (χ0n) is 26.2. The lowest BCUT2D eigenvalue weighted by Crippen LogP contribution is -2.49. The quantitative estimate of drug-likeness (QED) is 0.306. The Morgan fingerprint density at radius 3 is 2.69 bits per heavy atom. The summed E-state index contributed by atoms with van der Waals surface area (Å²) in [7, 11) is -1.49. The van der Waals surface area contributed by atoms with Crippen LogP contribution in [0.1, 0.15) is 92.0 Å². The number of hydrogen-bond donors (Lipinski definition) is 1. The van der Waals surface area contributed by atoms with Gasteiger partial charge >= 0.3 is 0 Å². The average Bonchev–Trinajstić information content (AvgIpc) is 3.18. The Morgan fingerprint density at radius 1 is 1.04 bits per heavy atom. The molecule has 1 saturated carbocycles. The minimum Gasteiger partial charge on any atom is -0.490 e. The van der Waals surface area contributed by atoms with E-state index in [2.05, 4.69) is 28.7 Å². The highest BCUT2D eigenvalue weighted by Gasteiger charge is 2.45. The smallest absolute Gasteiger partial charge is 0.263 e. The maximum atomic E-state index is 13.5. The van der Waals surface area contributed by atoms with Crippen LogP contribution >= 0.6 is 11.6 Å². The molecular formula is C36H43ClN4O3S. The Kier molecular flexibility index (Phi) is 8.64. The van der Waals surface area contributed by atoms with Crippen molar-refractivity contribution in [2.75, 3.05) is 24.6 Å². The van der Waals surface area contributed by atoms with Gasteiger partial charge < -0.3 is 9.64 Å². The largest absolute Gasteiger partial charge is 0.490 e. The molecule has 238 valence electrons. The summed E-state index contributed by atoms with van der Waals surface area (Å²) in [5.41, 5.74) is 3.91. The van der Waals surface area contributed by atoms with Gasteiger partial charge in [0.1, 0.15) is 22.6 Å². The van der Waals surface area contributed by atoms with E-state index in [0.717, 1.165) is 86.7 Å². The summed E-state index contributed by atoms with van der Waals surface area (Å²) < 4.78 is 22.8. The Hall–Kier alpha value is -2.97. The van der Waals surface area contributed by atoms with Gasteiger partial charge in [0.05, 0.1) is 17.5 Å². The Bertz CT molecular complexity index is 1590. The van der Waals surface area contributed by atoms with E-state index >= 15 is 0 Å². The third kappa shape index (κ3) is 6.00. The Labute approximate surface area is 274 Å². The molecule has 7 rings (SSSR count). The summed E-state index contributed by atoms with van der Waals surface area (Å²) in [6, 6.07) is 13.9. The van der Waals surface area contributed by atoms with Crippen molar-refractivity contribution in [3.05, 3.63) is 82.4 Å². The molecule has 1 spiro atoms. The van der Waals surface area contributed by atoms with Gasteiger partial charge in [0, 0.05) is 47.4 Å². The standard InChI is InChI=1S/C36H43ClN4O3S/c1-23-6-3-8-30(34-38-16-5-17-39-34)29-12-9-27(29)20-41-21-36(15-4-7-25-18-28(37)11-13-31(25)36)22-44-33-14-10-26(19-32(33)41)35(42)40-45(43)24(23)2/h5,10-11,13-14,16-19,23-24,27,29-30H,3-4,6-9,12,15,20-22H2,1-2H3,(H,40,42)/t23?,24?,27?,29?,30?,36-,45?/m0/s1. The fraction of sp³-hybridized carbons (Fsp3) is 0.528. The number of ether oxygens (including phenoxy) is 1. The van der Waals surface area contributed by atoms with Crippen molar-refractivity contribution in [1.82, 2.24) is 14.7 Å². The molecule has 45 heavy (non-hydrogen) atoms. The van der Waals surface area contributed by atoms with Gasteiger partial charge in [-0.1, -0.05) is 31.0 Å². The highest BCUT2D eigenvalue weighted by molar-refractivity contribution is 7.84. The molecule has 2 aromatic carbocycles. The van der Waals surface area contributed by atoms with Gasteiger partial charge in [-0.15, -0.1) is 0 Å².